The van der Waals surface area contributed by atoms with Gasteiger partial charge in [0, 0.05) is 17.6 Å². The number of aromatic nitrogens is 1. The molecule has 0 unspecified atom stereocenters. The maximum Gasteiger partial charge on any atom is 0.341 e. The van der Waals surface area contributed by atoms with Crippen molar-refractivity contribution in [2.24, 2.45) is 5.92 Å². The SMILES string of the molecule is CCOC(=O)c1cc(-c2sccc2Br)[nH]c1N1CCC(C(=O)OC)CC1. The minimum atomic E-state index is -0.340. The van der Waals surface area contributed by atoms with E-state index in [1.807, 2.05) is 17.5 Å². The van der Waals surface area contributed by atoms with Crippen LogP contribution in [0.4, 0.5) is 5.82 Å². The number of carbonyl (C=O) groups is 2. The van der Waals surface area contributed by atoms with Crippen molar-refractivity contribution in [1.82, 2.24) is 4.98 Å². The molecule has 0 aromatic carbocycles. The number of piperidine rings is 1. The van der Waals surface area contributed by atoms with Crippen molar-refractivity contribution >= 4 is 45.0 Å². The summed E-state index contributed by atoms with van der Waals surface area (Å²) in [6.07, 6.45) is 1.40. The topological polar surface area (TPSA) is 71.6 Å². The van der Waals surface area contributed by atoms with Gasteiger partial charge in [-0.25, -0.2) is 4.79 Å². The Morgan fingerprint density at radius 3 is 2.69 bits per heavy atom. The van der Waals surface area contributed by atoms with E-state index in [0.29, 0.717) is 38.1 Å². The molecular formula is C18H21BrN2O4S. The first-order valence-corrected chi connectivity index (χ1v) is 10.2. The Morgan fingerprint density at radius 1 is 1.38 bits per heavy atom. The lowest BCUT2D eigenvalue weighted by molar-refractivity contribution is -0.146. The number of ether oxygens (including phenoxy) is 2. The van der Waals surface area contributed by atoms with Gasteiger partial charge in [-0.2, -0.15) is 0 Å². The molecule has 2 aromatic rings. The molecule has 0 spiro atoms. The van der Waals surface area contributed by atoms with Crippen molar-refractivity contribution in [2.75, 3.05) is 31.7 Å². The van der Waals surface area contributed by atoms with Crippen LogP contribution in [-0.4, -0.2) is 43.7 Å². The Hall–Kier alpha value is -1.80. The molecule has 3 rings (SSSR count). The number of rotatable bonds is 5. The van der Waals surface area contributed by atoms with Gasteiger partial charge in [0.15, 0.2) is 0 Å². The number of methoxy groups -OCH3 is 1. The van der Waals surface area contributed by atoms with Gasteiger partial charge in [0.05, 0.1) is 30.2 Å². The van der Waals surface area contributed by atoms with E-state index in [9.17, 15) is 9.59 Å². The minimum absolute atomic E-state index is 0.0804. The normalized spacial score (nSPS) is 15.1. The number of nitrogens with one attached hydrogen (secondary N) is 1. The molecule has 8 heteroatoms. The maximum absolute atomic E-state index is 12.4. The molecule has 1 N–H and O–H groups in total. The highest BCUT2D eigenvalue weighted by molar-refractivity contribution is 9.10. The number of esters is 2. The Bertz CT molecular complexity index is 793. The maximum atomic E-state index is 12.4. The minimum Gasteiger partial charge on any atom is -0.469 e. The first kappa shape index (κ1) is 19.0. The third kappa shape index (κ3) is 3.81. The Labute approximate surface area is 164 Å². The monoisotopic (exact) mass is 440 g/mol. The zero-order chi connectivity index (χ0) is 18.7. The van der Waals surface area contributed by atoms with Gasteiger partial charge in [0.25, 0.3) is 0 Å². The van der Waals surface area contributed by atoms with E-state index in [0.717, 1.165) is 20.9 Å². The van der Waals surface area contributed by atoms with Gasteiger partial charge in [0.2, 0.25) is 0 Å². The third-order valence-corrected chi connectivity index (χ3v) is 6.37. The van der Waals surface area contributed by atoms with Gasteiger partial charge in [-0.05, 0) is 53.2 Å². The van der Waals surface area contributed by atoms with E-state index in [1.165, 1.54) is 7.11 Å². The molecule has 6 nitrogen and oxygen atoms in total. The van der Waals surface area contributed by atoms with Gasteiger partial charge >= 0.3 is 11.9 Å². The summed E-state index contributed by atoms with van der Waals surface area (Å²) in [7, 11) is 1.42. The quantitative estimate of drug-likeness (QED) is 0.709. The van der Waals surface area contributed by atoms with Crippen molar-refractivity contribution in [2.45, 2.75) is 19.8 Å². The predicted octanol–water partition coefficient (Wildman–Crippen LogP) is 4.07. The van der Waals surface area contributed by atoms with Crippen LogP contribution in [-0.2, 0) is 14.3 Å². The molecule has 2 aromatic heterocycles. The second-order valence-corrected chi connectivity index (χ2v) is 7.82. The van der Waals surface area contributed by atoms with Crippen molar-refractivity contribution < 1.29 is 19.1 Å². The lowest BCUT2D eigenvalue weighted by Crippen LogP contribution is -2.37. The molecule has 0 aliphatic carbocycles. The van der Waals surface area contributed by atoms with Crippen LogP contribution in [0.15, 0.2) is 22.0 Å². The highest BCUT2D eigenvalue weighted by Crippen LogP contribution is 2.37. The van der Waals surface area contributed by atoms with Gasteiger partial charge in [-0.3, -0.25) is 4.79 Å². The van der Waals surface area contributed by atoms with Gasteiger partial charge in [0.1, 0.15) is 11.4 Å². The van der Waals surface area contributed by atoms with Gasteiger partial charge in [-0.1, -0.05) is 0 Å². The second-order valence-electron chi connectivity index (χ2n) is 6.05. The van der Waals surface area contributed by atoms with Gasteiger partial charge in [-0.15, -0.1) is 11.3 Å². The number of thiophene rings is 1. The number of hydrogen-bond donors (Lipinski definition) is 1. The molecular weight excluding hydrogens is 420 g/mol. The fraction of sp³-hybridized carbons (Fsp3) is 0.444. The standard InChI is InChI=1S/C18H21BrN2O4S/c1-3-25-18(23)12-10-14(15-13(19)6-9-26-15)20-16(12)21-7-4-11(5-8-21)17(22)24-2/h6,9-11,20H,3-5,7-8H2,1-2H3. The van der Waals surface area contributed by atoms with E-state index in [2.05, 4.69) is 25.8 Å². The van der Waals surface area contributed by atoms with Crippen LogP contribution < -0.4 is 4.90 Å². The highest BCUT2D eigenvalue weighted by atomic mass is 79.9. The average Bonchev–Trinajstić information content (AvgIpc) is 3.27. The molecule has 0 radical (unpaired) electrons. The number of H-pyrrole nitrogens is 1. The van der Waals surface area contributed by atoms with Crippen LogP contribution in [0.5, 0.6) is 0 Å². The molecule has 0 saturated carbocycles. The molecule has 3 heterocycles. The summed E-state index contributed by atoms with van der Waals surface area (Å²) in [5, 5.41) is 1.99. The Balaban J connectivity index is 1.88. The summed E-state index contributed by atoms with van der Waals surface area (Å²) < 4.78 is 11.1. The number of anilines is 1. The largest absolute Gasteiger partial charge is 0.469 e. The molecule has 26 heavy (non-hydrogen) atoms. The van der Waals surface area contributed by atoms with Crippen LogP contribution >= 0.6 is 27.3 Å². The summed E-state index contributed by atoms with van der Waals surface area (Å²) in [5.41, 5.74) is 1.40. The number of carbonyl (C=O) groups excluding carboxylic acids is 2. The van der Waals surface area contributed by atoms with Crippen LogP contribution in [0.1, 0.15) is 30.1 Å². The summed E-state index contributed by atoms with van der Waals surface area (Å²) in [4.78, 5) is 30.7. The fourth-order valence-corrected chi connectivity index (χ4v) is 4.73. The molecule has 140 valence electrons. The molecule has 0 amide bonds. The molecule has 0 atom stereocenters. The number of nitrogens with zero attached hydrogens (tertiary/aromatic N) is 1. The zero-order valence-electron chi connectivity index (χ0n) is 14.7. The van der Waals surface area contributed by atoms with E-state index in [-0.39, 0.29) is 17.9 Å². The van der Waals surface area contributed by atoms with Crippen molar-refractivity contribution in [3.8, 4) is 10.6 Å². The molecule has 1 aliphatic heterocycles. The van der Waals surface area contributed by atoms with E-state index < -0.39 is 0 Å². The van der Waals surface area contributed by atoms with Crippen molar-refractivity contribution in [3.63, 3.8) is 0 Å². The first-order chi connectivity index (χ1) is 12.5. The van der Waals surface area contributed by atoms with Crippen LogP contribution in [0.3, 0.4) is 0 Å². The average molecular weight is 441 g/mol. The number of halogens is 1. The number of hydrogen-bond acceptors (Lipinski definition) is 6. The summed E-state index contributed by atoms with van der Waals surface area (Å²) in [6, 6.07) is 3.82. The van der Waals surface area contributed by atoms with Gasteiger partial charge < -0.3 is 19.4 Å². The summed E-state index contributed by atoms with van der Waals surface area (Å²) >= 11 is 5.14. The van der Waals surface area contributed by atoms with Crippen LogP contribution in [0.2, 0.25) is 0 Å². The Kier molecular flexibility index (Phi) is 6.03. The lowest BCUT2D eigenvalue weighted by Gasteiger charge is -2.32. The first-order valence-electron chi connectivity index (χ1n) is 8.51. The zero-order valence-corrected chi connectivity index (χ0v) is 17.1. The highest BCUT2D eigenvalue weighted by Gasteiger charge is 2.29. The molecule has 1 saturated heterocycles. The van der Waals surface area contributed by atoms with E-state index in [1.54, 1.807) is 18.3 Å². The van der Waals surface area contributed by atoms with Crippen molar-refractivity contribution in [3.05, 3.63) is 27.5 Å². The molecule has 1 fully saturated rings. The summed E-state index contributed by atoms with van der Waals surface area (Å²) in [6.45, 7) is 3.48. The van der Waals surface area contributed by atoms with Crippen LogP contribution in [0.25, 0.3) is 10.6 Å². The third-order valence-electron chi connectivity index (χ3n) is 4.50. The second kappa shape index (κ2) is 8.26. The lowest BCUT2D eigenvalue weighted by atomic mass is 9.97. The molecule has 0 bridgehead atoms. The van der Waals surface area contributed by atoms with E-state index in [4.69, 9.17) is 9.47 Å². The van der Waals surface area contributed by atoms with Crippen LogP contribution in [0, 0.1) is 5.92 Å². The van der Waals surface area contributed by atoms with E-state index >= 15 is 0 Å². The summed E-state index contributed by atoms with van der Waals surface area (Å²) in [5.74, 6) is 0.169. The van der Waals surface area contributed by atoms with Crippen molar-refractivity contribution in [1.29, 1.82) is 0 Å². The predicted molar refractivity (Wildman–Crippen MR) is 105 cm³/mol. The fourth-order valence-electron chi connectivity index (χ4n) is 3.17. The smallest absolute Gasteiger partial charge is 0.341 e. The number of aromatic amines is 1. The Morgan fingerprint density at radius 2 is 2.12 bits per heavy atom. The molecule has 1 aliphatic rings.